The van der Waals surface area contributed by atoms with Gasteiger partial charge in [0, 0.05) is 12.1 Å². The highest BCUT2D eigenvalue weighted by Crippen LogP contribution is 2.21. The molecule has 0 heterocycles. The molecule has 0 unspecified atom stereocenters. The van der Waals surface area contributed by atoms with E-state index in [0.29, 0.717) is 6.61 Å². The van der Waals surface area contributed by atoms with Crippen LogP contribution in [0.5, 0.6) is 5.75 Å². The summed E-state index contributed by atoms with van der Waals surface area (Å²) in [7, 11) is 0. The molecule has 21 heavy (non-hydrogen) atoms. The minimum absolute atomic E-state index is 0.617. The van der Waals surface area contributed by atoms with Crippen LogP contribution in [0, 0.1) is 6.92 Å². The minimum Gasteiger partial charge on any atom is -0.489 e. The van der Waals surface area contributed by atoms with Gasteiger partial charge in [0.15, 0.2) is 0 Å². The summed E-state index contributed by atoms with van der Waals surface area (Å²) in [6, 6.07) is 15.0. The van der Waals surface area contributed by atoms with Crippen molar-refractivity contribution in [2.24, 2.45) is 0 Å². The van der Waals surface area contributed by atoms with Crippen LogP contribution in [-0.2, 0) is 19.6 Å². The fraction of sp³-hybridized carbons (Fsp3) is 0.368. The van der Waals surface area contributed by atoms with Crippen molar-refractivity contribution in [3.63, 3.8) is 0 Å². The largest absolute Gasteiger partial charge is 0.489 e. The number of rotatable bonds is 7. The van der Waals surface area contributed by atoms with Gasteiger partial charge < -0.3 is 10.1 Å². The molecule has 0 saturated heterocycles. The molecule has 112 valence electrons. The molecule has 0 spiro atoms. The Morgan fingerprint density at radius 3 is 2.33 bits per heavy atom. The average Bonchev–Trinajstić information content (AvgIpc) is 2.52. The lowest BCUT2D eigenvalue weighted by atomic mass is 10.1. The summed E-state index contributed by atoms with van der Waals surface area (Å²) >= 11 is 0. The molecular formula is C19H25NO. The van der Waals surface area contributed by atoms with Crippen molar-refractivity contribution in [1.29, 1.82) is 0 Å². The second kappa shape index (κ2) is 7.84. The standard InChI is InChI=1S/C19H25NO/c1-4-16-7-9-17(10-8-16)14-21-19-11-6-15(3)12-18(19)13-20-5-2/h6-12,20H,4-5,13-14H2,1-3H3. The topological polar surface area (TPSA) is 21.3 Å². The van der Waals surface area contributed by atoms with Gasteiger partial charge in [0.2, 0.25) is 0 Å². The molecule has 0 radical (unpaired) electrons. The van der Waals surface area contributed by atoms with Crippen molar-refractivity contribution < 1.29 is 4.74 Å². The Morgan fingerprint density at radius 2 is 1.67 bits per heavy atom. The fourth-order valence-electron chi connectivity index (χ4n) is 2.28. The van der Waals surface area contributed by atoms with Crippen LogP contribution >= 0.6 is 0 Å². The van der Waals surface area contributed by atoms with Gasteiger partial charge in [0.05, 0.1) is 0 Å². The zero-order valence-electron chi connectivity index (χ0n) is 13.3. The summed E-state index contributed by atoms with van der Waals surface area (Å²) in [4.78, 5) is 0. The smallest absolute Gasteiger partial charge is 0.124 e. The Kier molecular flexibility index (Phi) is 5.82. The van der Waals surface area contributed by atoms with E-state index in [0.717, 1.165) is 25.3 Å². The van der Waals surface area contributed by atoms with Gasteiger partial charge in [-0.25, -0.2) is 0 Å². The first-order chi connectivity index (χ1) is 10.2. The molecule has 0 aromatic heterocycles. The maximum atomic E-state index is 6.01. The number of hydrogen-bond acceptors (Lipinski definition) is 2. The quantitative estimate of drug-likeness (QED) is 0.820. The van der Waals surface area contributed by atoms with Gasteiger partial charge in [-0.2, -0.15) is 0 Å². The Balaban J connectivity index is 2.04. The van der Waals surface area contributed by atoms with Crippen LogP contribution in [0.1, 0.15) is 36.1 Å². The third-order valence-electron chi connectivity index (χ3n) is 3.61. The molecule has 2 rings (SSSR count). The van der Waals surface area contributed by atoms with E-state index in [-0.39, 0.29) is 0 Å². The zero-order valence-corrected chi connectivity index (χ0v) is 13.3. The second-order valence-corrected chi connectivity index (χ2v) is 5.35. The second-order valence-electron chi connectivity index (χ2n) is 5.35. The molecule has 0 aliphatic carbocycles. The first-order valence-electron chi connectivity index (χ1n) is 7.73. The molecule has 0 amide bonds. The molecule has 1 N–H and O–H groups in total. The first kappa shape index (κ1) is 15.6. The fourth-order valence-corrected chi connectivity index (χ4v) is 2.28. The number of nitrogens with one attached hydrogen (secondary N) is 1. The van der Waals surface area contributed by atoms with Crippen LogP contribution in [0.3, 0.4) is 0 Å². The molecule has 2 heteroatoms. The van der Waals surface area contributed by atoms with Gasteiger partial charge in [-0.3, -0.25) is 0 Å². The van der Waals surface area contributed by atoms with Crippen molar-refractivity contribution in [3.8, 4) is 5.75 Å². The van der Waals surface area contributed by atoms with E-state index in [1.807, 2.05) is 0 Å². The molecule has 0 fully saturated rings. The van der Waals surface area contributed by atoms with Crippen molar-refractivity contribution in [2.45, 2.75) is 40.3 Å². The number of benzene rings is 2. The highest BCUT2D eigenvalue weighted by atomic mass is 16.5. The van der Waals surface area contributed by atoms with Gasteiger partial charge in [-0.15, -0.1) is 0 Å². The van der Waals surface area contributed by atoms with E-state index in [4.69, 9.17) is 4.74 Å². The summed E-state index contributed by atoms with van der Waals surface area (Å²) in [6.45, 7) is 8.83. The SMILES string of the molecule is CCNCc1cc(C)ccc1OCc1ccc(CC)cc1. The summed E-state index contributed by atoms with van der Waals surface area (Å²) < 4.78 is 6.01. The molecular weight excluding hydrogens is 258 g/mol. The van der Waals surface area contributed by atoms with Crippen LogP contribution in [0.15, 0.2) is 42.5 Å². The molecule has 0 aliphatic rings. The van der Waals surface area contributed by atoms with Crippen LogP contribution in [0.4, 0.5) is 0 Å². The Bertz CT molecular complexity index is 560. The van der Waals surface area contributed by atoms with Crippen LogP contribution in [0.25, 0.3) is 0 Å². The minimum atomic E-state index is 0.617. The summed E-state index contributed by atoms with van der Waals surface area (Å²) in [5.74, 6) is 0.973. The maximum Gasteiger partial charge on any atom is 0.124 e. The molecule has 0 saturated carbocycles. The molecule has 2 aromatic carbocycles. The molecule has 0 atom stereocenters. The lowest BCUT2D eigenvalue weighted by molar-refractivity contribution is 0.302. The predicted octanol–water partition coefficient (Wildman–Crippen LogP) is 4.25. The van der Waals surface area contributed by atoms with Crippen LogP contribution in [-0.4, -0.2) is 6.54 Å². The van der Waals surface area contributed by atoms with Gasteiger partial charge in [-0.05, 0) is 37.1 Å². The maximum absolute atomic E-state index is 6.01. The lowest BCUT2D eigenvalue weighted by Gasteiger charge is -2.13. The van der Waals surface area contributed by atoms with Crippen molar-refractivity contribution in [3.05, 3.63) is 64.7 Å². The summed E-state index contributed by atoms with van der Waals surface area (Å²) in [5.41, 5.74) is 5.06. The molecule has 0 aliphatic heterocycles. The van der Waals surface area contributed by atoms with E-state index >= 15 is 0 Å². The van der Waals surface area contributed by atoms with Crippen molar-refractivity contribution in [1.82, 2.24) is 5.32 Å². The van der Waals surface area contributed by atoms with E-state index in [9.17, 15) is 0 Å². The monoisotopic (exact) mass is 283 g/mol. The Hall–Kier alpha value is -1.80. The number of aryl methyl sites for hydroxylation is 2. The summed E-state index contributed by atoms with van der Waals surface area (Å²) in [5, 5.41) is 3.37. The zero-order chi connectivity index (χ0) is 15.1. The Morgan fingerprint density at radius 1 is 0.952 bits per heavy atom. The normalized spacial score (nSPS) is 10.6. The Labute approximate surface area is 128 Å². The third kappa shape index (κ3) is 4.61. The van der Waals surface area contributed by atoms with Crippen molar-refractivity contribution in [2.75, 3.05) is 6.54 Å². The first-order valence-corrected chi connectivity index (χ1v) is 7.73. The van der Waals surface area contributed by atoms with Gasteiger partial charge >= 0.3 is 0 Å². The molecule has 2 aromatic rings. The highest BCUT2D eigenvalue weighted by molar-refractivity contribution is 5.37. The van der Waals surface area contributed by atoms with E-state index in [1.54, 1.807) is 0 Å². The van der Waals surface area contributed by atoms with Gasteiger partial charge in [-0.1, -0.05) is 55.8 Å². The lowest BCUT2D eigenvalue weighted by Crippen LogP contribution is -2.13. The van der Waals surface area contributed by atoms with Crippen LogP contribution in [0.2, 0.25) is 0 Å². The summed E-state index contributed by atoms with van der Waals surface area (Å²) in [6.07, 6.45) is 1.08. The average molecular weight is 283 g/mol. The number of hydrogen-bond donors (Lipinski definition) is 1. The molecule has 2 nitrogen and oxygen atoms in total. The van der Waals surface area contributed by atoms with Gasteiger partial charge in [0.25, 0.3) is 0 Å². The van der Waals surface area contributed by atoms with Gasteiger partial charge in [0.1, 0.15) is 12.4 Å². The van der Waals surface area contributed by atoms with E-state index in [2.05, 4.69) is 68.6 Å². The van der Waals surface area contributed by atoms with E-state index in [1.165, 1.54) is 22.3 Å². The van der Waals surface area contributed by atoms with Crippen molar-refractivity contribution >= 4 is 0 Å². The number of ether oxygens (including phenoxy) is 1. The predicted molar refractivity (Wildman–Crippen MR) is 88.7 cm³/mol. The van der Waals surface area contributed by atoms with Crippen LogP contribution < -0.4 is 10.1 Å². The van der Waals surface area contributed by atoms with E-state index < -0.39 is 0 Å². The highest BCUT2D eigenvalue weighted by Gasteiger charge is 2.04. The third-order valence-corrected chi connectivity index (χ3v) is 3.61. The molecule has 0 bridgehead atoms.